The van der Waals surface area contributed by atoms with Crippen molar-refractivity contribution in [2.75, 3.05) is 45.9 Å². The van der Waals surface area contributed by atoms with E-state index in [1.54, 1.807) is 0 Å². The van der Waals surface area contributed by atoms with Crippen molar-refractivity contribution in [2.24, 2.45) is 0 Å². The fourth-order valence-corrected chi connectivity index (χ4v) is 2.66. The maximum atomic E-state index is 10.0. The third-order valence-corrected chi connectivity index (χ3v) is 4.13. The van der Waals surface area contributed by atoms with Gasteiger partial charge in [-0.15, -0.1) is 0 Å². The molecule has 1 aliphatic heterocycles. The number of aliphatic hydroxyl groups excluding tert-OH is 1. The predicted octanol–water partition coefficient (Wildman–Crippen LogP) is 1.85. The van der Waals surface area contributed by atoms with Gasteiger partial charge in [-0.25, -0.2) is 0 Å². The molecule has 1 fully saturated rings. The number of hydrogen-bond donors (Lipinski definition) is 1. The average molecular weight is 313 g/mol. The molecule has 0 radical (unpaired) electrons. The number of nitrogens with zero attached hydrogens (tertiary/aromatic N) is 2. The van der Waals surface area contributed by atoms with Crippen molar-refractivity contribution < 1.29 is 9.84 Å². The first-order chi connectivity index (χ1) is 10.2. The fraction of sp³-hybridized carbons (Fsp3) is 0.625. The third kappa shape index (κ3) is 5.93. The van der Waals surface area contributed by atoms with Crippen LogP contribution in [0.2, 0.25) is 5.02 Å². The van der Waals surface area contributed by atoms with E-state index in [9.17, 15) is 5.11 Å². The normalized spacial score (nSPS) is 18.8. The van der Waals surface area contributed by atoms with Gasteiger partial charge in [0.15, 0.2) is 0 Å². The lowest BCUT2D eigenvalue weighted by molar-refractivity contribution is 0.00177. The Morgan fingerprint density at radius 3 is 2.38 bits per heavy atom. The molecular formula is C16H25ClN2O2. The smallest absolute Gasteiger partial charge is 0.0900 e. The zero-order valence-corrected chi connectivity index (χ0v) is 13.4. The van der Waals surface area contributed by atoms with Crippen molar-refractivity contribution in [1.82, 2.24) is 9.80 Å². The SMILES string of the molecule is CCN1CCN(C[C@@H](O)COCc2ccc(Cl)cc2)CC1. The molecule has 1 N–H and O–H groups in total. The van der Waals surface area contributed by atoms with Crippen molar-refractivity contribution in [3.05, 3.63) is 34.9 Å². The van der Waals surface area contributed by atoms with E-state index >= 15 is 0 Å². The first-order valence-corrected chi connectivity index (χ1v) is 8.00. The highest BCUT2D eigenvalue weighted by atomic mass is 35.5. The lowest BCUT2D eigenvalue weighted by Crippen LogP contribution is -2.48. The molecule has 1 saturated heterocycles. The van der Waals surface area contributed by atoms with Gasteiger partial charge in [0.05, 0.1) is 19.3 Å². The Kier molecular flexibility index (Phi) is 6.93. The molecule has 0 spiro atoms. The first-order valence-electron chi connectivity index (χ1n) is 7.62. The molecule has 0 bridgehead atoms. The van der Waals surface area contributed by atoms with E-state index in [-0.39, 0.29) is 0 Å². The lowest BCUT2D eigenvalue weighted by atomic mass is 10.2. The number of rotatable bonds is 7. The zero-order chi connectivity index (χ0) is 15.1. The van der Waals surface area contributed by atoms with Crippen LogP contribution >= 0.6 is 11.6 Å². The number of piperazine rings is 1. The van der Waals surface area contributed by atoms with E-state index in [0.717, 1.165) is 43.3 Å². The number of β-amino-alcohol motifs (C(OH)–C–C–N with tert-alkyl or cyclic N) is 1. The molecule has 2 rings (SSSR count). The number of aliphatic hydroxyl groups is 1. The molecule has 0 amide bonds. The summed E-state index contributed by atoms with van der Waals surface area (Å²) in [6.45, 7) is 9.12. The molecule has 0 aliphatic carbocycles. The van der Waals surface area contributed by atoms with Gasteiger partial charge in [-0.3, -0.25) is 4.90 Å². The molecule has 0 unspecified atom stereocenters. The highest BCUT2D eigenvalue weighted by molar-refractivity contribution is 6.30. The van der Waals surface area contributed by atoms with E-state index in [1.165, 1.54) is 0 Å². The van der Waals surface area contributed by atoms with Crippen LogP contribution in [0.25, 0.3) is 0 Å². The molecule has 4 nitrogen and oxygen atoms in total. The standard InChI is InChI=1S/C16H25ClN2O2/c1-2-18-7-9-19(10-8-18)11-16(20)13-21-12-14-3-5-15(17)6-4-14/h3-6,16,20H,2,7-13H2,1H3/t16-/m1/s1. The molecule has 1 aromatic rings. The number of halogens is 1. The average Bonchev–Trinajstić information content (AvgIpc) is 2.50. The summed E-state index contributed by atoms with van der Waals surface area (Å²) < 4.78 is 5.58. The maximum absolute atomic E-state index is 10.0. The second kappa shape index (κ2) is 8.71. The molecule has 1 heterocycles. The molecule has 1 aromatic carbocycles. The Morgan fingerprint density at radius 2 is 1.76 bits per heavy atom. The fourth-order valence-electron chi connectivity index (χ4n) is 2.53. The largest absolute Gasteiger partial charge is 0.389 e. The Balaban J connectivity index is 1.61. The van der Waals surface area contributed by atoms with Gasteiger partial charge in [0.1, 0.15) is 0 Å². The van der Waals surface area contributed by atoms with Crippen LogP contribution in [0, 0.1) is 0 Å². The molecular weight excluding hydrogens is 288 g/mol. The van der Waals surface area contributed by atoms with Crippen molar-refractivity contribution in [2.45, 2.75) is 19.6 Å². The first kappa shape index (κ1) is 16.7. The Morgan fingerprint density at radius 1 is 1.14 bits per heavy atom. The molecule has 0 saturated carbocycles. The van der Waals surface area contributed by atoms with E-state index in [0.29, 0.717) is 19.8 Å². The molecule has 1 aliphatic rings. The van der Waals surface area contributed by atoms with E-state index in [2.05, 4.69) is 16.7 Å². The molecule has 0 aromatic heterocycles. The van der Waals surface area contributed by atoms with Gasteiger partial charge in [0.25, 0.3) is 0 Å². The van der Waals surface area contributed by atoms with Gasteiger partial charge < -0.3 is 14.7 Å². The minimum Gasteiger partial charge on any atom is -0.389 e. The number of ether oxygens (including phenoxy) is 1. The van der Waals surface area contributed by atoms with Gasteiger partial charge in [0, 0.05) is 37.7 Å². The number of hydrogen-bond acceptors (Lipinski definition) is 4. The summed E-state index contributed by atoms with van der Waals surface area (Å²) in [5.74, 6) is 0. The highest BCUT2D eigenvalue weighted by Gasteiger charge is 2.18. The van der Waals surface area contributed by atoms with Crippen molar-refractivity contribution >= 4 is 11.6 Å². The Bertz CT molecular complexity index is 405. The van der Waals surface area contributed by atoms with Crippen LogP contribution in [0.4, 0.5) is 0 Å². The van der Waals surface area contributed by atoms with Crippen LogP contribution in [0.5, 0.6) is 0 Å². The lowest BCUT2D eigenvalue weighted by Gasteiger charge is -2.34. The van der Waals surface area contributed by atoms with Crippen LogP contribution < -0.4 is 0 Å². The molecule has 1 atom stereocenters. The van der Waals surface area contributed by atoms with Gasteiger partial charge in [0.2, 0.25) is 0 Å². The number of benzene rings is 1. The summed E-state index contributed by atoms with van der Waals surface area (Å²) in [6.07, 6.45) is -0.425. The minimum absolute atomic E-state index is 0.372. The van der Waals surface area contributed by atoms with Gasteiger partial charge in [-0.2, -0.15) is 0 Å². The maximum Gasteiger partial charge on any atom is 0.0900 e. The van der Waals surface area contributed by atoms with Crippen molar-refractivity contribution in [1.29, 1.82) is 0 Å². The Labute approximate surface area is 132 Å². The number of likely N-dealkylation sites (N-methyl/N-ethyl adjacent to an activating group) is 1. The van der Waals surface area contributed by atoms with Crippen LogP contribution in [0.1, 0.15) is 12.5 Å². The summed E-state index contributed by atoms with van der Waals surface area (Å²) in [4.78, 5) is 4.74. The van der Waals surface area contributed by atoms with Crippen molar-refractivity contribution in [3.8, 4) is 0 Å². The topological polar surface area (TPSA) is 35.9 Å². The summed E-state index contributed by atoms with van der Waals surface area (Å²) >= 11 is 5.84. The summed E-state index contributed by atoms with van der Waals surface area (Å²) in [6, 6.07) is 7.59. The van der Waals surface area contributed by atoms with E-state index in [1.807, 2.05) is 24.3 Å². The van der Waals surface area contributed by atoms with Gasteiger partial charge in [-0.05, 0) is 24.2 Å². The van der Waals surface area contributed by atoms with E-state index in [4.69, 9.17) is 16.3 Å². The predicted molar refractivity (Wildman–Crippen MR) is 85.7 cm³/mol. The van der Waals surface area contributed by atoms with Gasteiger partial charge in [-0.1, -0.05) is 30.7 Å². The van der Waals surface area contributed by atoms with Crippen LogP contribution in [-0.4, -0.2) is 66.9 Å². The second-order valence-electron chi connectivity index (χ2n) is 5.53. The highest BCUT2D eigenvalue weighted by Crippen LogP contribution is 2.10. The van der Waals surface area contributed by atoms with Gasteiger partial charge >= 0.3 is 0 Å². The monoisotopic (exact) mass is 312 g/mol. The Hall–Kier alpha value is -0.650. The van der Waals surface area contributed by atoms with Crippen LogP contribution in [0.3, 0.4) is 0 Å². The zero-order valence-electron chi connectivity index (χ0n) is 12.7. The van der Waals surface area contributed by atoms with E-state index < -0.39 is 6.10 Å². The second-order valence-corrected chi connectivity index (χ2v) is 5.97. The summed E-state index contributed by atoms with van der Waals surface area (Å²) in [5, 5.41) is 10.8. The third-order valence-electron chi connectivity index (χ3n) is 3.87. The summed E-state index contributed by atoms with van der Waals surface area (Å²) in [5.41, 5.74) is 1.07. The van der Waals surface area contributed by atoms with Crippen LogP contribution in [-0.2, 0) is 11.3 Å². The molecule has 21 heavy (non-hydrogen) atoms. The van der Waals surface area contributed by atoms with Crippen LogP contribution in [0.15, 0.2) is 24.3 Å². The minimum atomic E-state index is -0.425. The molecule has 118 valence electrons. The summed E-state index contributed by atoms with van der Waals surface area (Å²) in [7, 11) is 0. The molecule has 5 heteroatoms. The van der Waals surface area contributed by atoms with Crippen molar-refractivity contribution in [3.63, 3.8) is 0 Å². The quantitative estimate of drug-likeness (QED) is 0.833.